The van der Waals surface area contributed by atoms with E-state index in [4.69, 9.17) is 11.6 Å². The highest BCUT2D eigenvalue weighted by Crippen LogP contribution is 2.14. The number of hydrogen-bond acceptors (Lipinski definition) is 4. The number of tetrazole rings is 1. The minimum Gasteiger partial charge on any atom is -0.377 e. The van der Waals surface area contributed by atoms with Crippen LogP contribution >= 0.6 is 11.6 Å². The molecule has 0 unspecified atom stereocenters. The third-order valence-electron chi connectivity index (χ3n) is 3.14. The van der Waals surface area contributed by atoms with Crippen molar-refractivity contribution in [2.24, 2.45) is 0 Å². The van der Waals surface area contributed by atoms with Gasteiger partial charge in [-0.15, -0.1) is 5.10 Å². The molecule has 1 aromatic carbocycles. The molecule has 0 saturated carbocycles. The van der Waals surface area contributed by atoms with Gasteiger partial charge in [0, 0.05) is 30.4 Å². The van der Waals surface area contributed by atoms with E-state index in [0.717, 1.165) is 18.8 Å². The molecular weight excluding hydrogens is 262 g/mol. The summed E-state index contributed by atoms with van der Waals surface area (Å²) >= 11 is 5.88. The first-order valence-corrected chi connectivity index (χ1v) is 6.67. The lowest BCUT2D eigenvalue weighted by molar-refractivity contribution is 0.470. The van der Waals surface area contributed by atoms with Crippen molar-refractivity contribution in [3.63, 3.8) is 0 Å². The Bertz CT molecular complexity index is 569. The maximum absolute atomic E-state index is 5.88. The van der Waals surface area contributed by atoms with E-state index in [9.17, 15) is 0 Å². The Kier molecular flexibility index (Phi) is 3.46. The van der Waals surface area contributed by atoms with Crippen LogP contribution in [-0.2, 0) is 0 Å². The molecule has 0 N–H and O–H groups in total. The average Bonchev–Trinajstić information content (AvgIpc) is 3.08. The Morgan fingerprint density at radius 3 is 2.58 bits per heavy atom. The van der Waals surface area contributed by atoms with Crippen molar-refractivity contribution in [1.82, 2.24) is 25.1 Å². The van der Waals surface area contributed by atoms with E-state index < -0.39 is 0 Å². The highest BCUT2D eigenvalue weighted by molar-refractivity contribution is 6.30. The van der Waals surface area contributed by atoms with Crippen molar-refractivity contribution in [2.45, 2.75) is 12.8 Å². The number of aromatic nitrogens is 4. The molecule has 2 aromatic rings. The van der Waals surface area contributed by atoms with Crippen LogP contribution in [0.2, 0.25) is 5.02 Å². The smallest absolute Gasteiger partial charge is 0.181 e. The molecular formula is C13H14ClN5. The van der Waals surface area contributed by atoms with Gasteiger partial charge in [-0.25, -0.2) is 0 Å². The van der Waals surface area contributed by atoms with Gasteiger partial charge in [-0.2, -0.15) is 4.68 Å². The molecule has 0 radical (unpaired) electrons. The van der Waals surface area contributed by atoms with E-state index in [2.05, 4.69) is 26.6 Å². The zero-order valence-corrected chi connectivity index (χ0v) is 11.2. The van der Waals surface area contributed by atoms with Crippen LogP contribution in [0.25, 0.3) is 11.8 Å². The van der Waals surface area contributed by atoms with Gasteiger partial charge >= 0.3 is 0 Å². The molecule has 6 heteroatoms. The Morgan fingerprint density at radius 1 is 1.11 bits per heavy atom. The van der Waals surface area contributed by atoms with Crippen molar-refractivity contribution < 1.29 is 0 Å². The lowest BCUT2D eigenvalue weighted by Gasteiger charge is -2.09. The van der Waals surface area contributed by atoms with Crippen LogP contribution < -0.4 is 0 Å². The summed E-state index contributed by atoms with van der Waals surface area (Å²) in [7, 11) is 0. The number of hydrogen-bond donors (Lipinski definition) is 0. The molecule has 19 heavy (non-hydrogen) atoms. The van der Waals surface area contributed by atoms with Crippen molar-refractivity contribution in [1.29, 1.82) is 0 Å². The first-order valence-electron chi connectivity index (χ1n) is 6.29. The van der Waals surface area contributed by atoms with Gasteiger partial charge in [0.15, 0.2) is 5.82 Å². The van der Waals surface area contributed by atoms with E-state index in [1.165, 1.54) is 12.8 Å². The summed E-state index contributed by atoms with van der Waals surface area (Å²) in [5.74, 6) is 0.717. The Hall–Kier alpha value is -1.88. The fraction of sp³-hybridized carbons (Fsp3) is 0.308. The summed E-state index contributed by atoms with van der Waals surface area (Å²) in [5, 5.41) is 12.5. The van der Waals surface area contributed by atoms with E-state index in [-0.39, 0.29) is 0 Å². The van der Waals surface area contributed by atoms with Crippen LogP contribution in [0.4, 0.5) is 0 Å². The van der Waals surface area contributed by atoms with Crippen LogP contribution in [0.1, 0.15) is 18.7 Å². The molecule has 3 rings (SSSR count). The molecule has 1 fully saturated rings. The Morgan fingerprint density at radius 2 is 1.84 bits per heavy atom. The minimum absolute atomic E-state index is 0.700. The molecule has 0 atom stereocenters. The van der Waals surface area contributed by atoms with Crippen LogP contribution in [0, 0.1) is 0 Å². The van der Waals surface area contributed by atoms with E-state index in [1.54, 1.807) is 4.68 Å². The maximum atomic E-state index is 5.88. The molecule has 0 amide bonds. The predicted molar refractivity (Wildman–Crippen MR) is 74.0 cm³/mol. The van der Waals surface area contributed by atoms with Gasteiger partial charge in [0.05, 0.1) is 5.69 Å². The van der Waals surface area contributed by atoms with Gasteiger partial charge in [-0.3, -0.25) is 0 Å². The average molecular weight is 276 g/mol. The lowest BCUT2D eigenvalue weighted by Crippen LogP contribution is -2.10. The van der Waals surface area contributed by atoms with E-state index in [1.807, 2.05) is 30.3 Å². The summed E-state index contributed by atoms with van der Waals surface area (Å²) in [4.78, 5) is 2.28. The molecule has 0 aliphatic carbocycles. The second kappa shape index (κ2) is 5.40. The predicted octanol–water partition coefficient (Wildman–Crippen LogP) is 2.38. The van der Waals surface area contributed by atoms with E-state index >= 15 is 0 Å². The van der Waals surface area contributed by atoms with Gasteiger partial charge in [0.25, 0.3) is 0 Å². The second-order valence-corrected chi connectivity index (χ2v) is 4.92. The summed E-state index contributed by atoms with van der Waals surface area (Å²) in [6.45, 7) is 2.22. The van der Waals surface area contributed by atoms with Gasteiger partial charge < -0.3 is 4.90 Å². The minimum atomic E-state index is 0.700. The summed E-state index contributed by atoms with van der Waals surface area (Å²) in [6.07, 6.45) is 6.52. The Labute approximate surface area is 116 Å². The molecule has 0 bridgehead atoms. The highest BCUT2D eigenvalue weighted by Gasteiger charge is 2.08. The van der Waals surface area contributed by atoms with Crippen LogP contribution in [0.3, 0.4) is 0 Å². The molecule has 1 aromatic heterocycles. The fourth-order valence-corrected chi connectivity index (χ4v) is 2.25. The third-order valence-corrected chi connectivity index (χ3v) is 3.39. The van der Waals surface area contributed by atoms with Gasteiger partial charge in [-0.05, 0) is 47.5 Å². The lowest BCUT2D eigenvalue weighted by atomic mass is 10.3. The molecule has 1 saturated heterocycles. The number of rotatable bonds is 3. The Balaban J connectivity index is 1.83. The van der Waals surface area contributed by atoms with E-state index in [0.29, 0.717) is 10.8 Å². The van der Waals surface area contributed by atoms with Gasteiger partial charge in [0.1, 0.15) is 0 Å². The van der Waals surface area contributed by atoms with Gasteiger partial charge in [0.2, 0.25) is 0 Å². The zero-order chi connectivity index (χ0) is 13.1. The van der Waals surface area contributed by atoms with Gasteiger partial charge in [-0.1, -0.05) is 11.6 Å². The van der Waals surface area contributed by atoms with Crippen LogP contribution in [-0.4, -0.2) is 38.2 Å². The molecule has 2 heterocycles. The number of benzene rings is 1. The summed E-state index contributed by atoms with van der Waals surface area (Å²) in [5.41, 5.74) is 0.899. The normalized spacial score (nSPS) is 15.5. The fourth-order valence-electron chi connectivity index (χ4n) is 2.13. The summed E-state index contributed by atoms with van der Waals surface area (Å²) in [6, 6.07) is 7.44. The first-order chi connectivity index (χ1) is 9.33. The number of likely N-dealkylation sites (tertiary alicyclic amines) is 1. The van der Waals surface area contributed by atoms with Crippen molar-refractivity contribution in [2.75, 3.05) is 13.1 Å². The second-order valence-electron chi connectivity index (χ2n) is 4.48. The molecule has 98 valence electrons. The number of nitrogens with zero attached hydrogens (tertiary/aromatic N) is 5. The molecule has 5 nitrogen and oxygen atoms in total. The topological polar surface area (TPSA) is 46.8 Å². The zero-order valence-electron chi connectivity index (χ0n) is 10.4. The van der Waals surface area contributed by atoms with Crippen LogP contribution in [0.5, 0.6) is 0 Å². The molecule has 1 aliphatic rings. The van der Waals surface area contributed by atoms with Crippen molar-refractivity contribution in [3.8, 4) is 5.69 Å². The van der Waals surface area contributed by atoms with Crippen molar-refractivity contribution in [3.05, 3.63) is 41.3 Å². The number of halogens is 1. The maximum Gasteiger partial charge on any atom is 0.181 e. The first kappa shape index (κ1) is 12.2. The van der Waals surface area contributed by atoms with Crippen molar-refractivity contribution >= 4 is 17.7 Å². The SMILES string of the molecule is Clc1ccc(-n2nnnc2/C=C\N2CCCC2)cc1. The largest absolute Gasteiger partial charge is 0.377 e. The highest BCUT2D eigenvalue weighted by atomic mass is 35.5. The van der Waals surface area contributed by atoms with Crippen LogP contribution in [0.15, 0.2) is 30.5 Å². The quantitative estimate of drug-likeness (QED) is 0.863. The monoisotopic (exact) mass is 275 g/mol. The third kappa shape index (κ3) is 2.76. The standard InChI is InChI=1S/C13H14ClN5/c14-11-3-5-12(6-4-11)19-13(15-16-17-19)7-10-18-8-1-2-9-18/h3-7,10H,1-2,8-9H2/b10-7-. The molecule has 1 aliphatic heterocycles. The molecule has 0 spiro atoms. The summed E-state index contributed by atoms with van der Waals surface area (Å²) < 4.78 is 1.70.